The van der Waals surface area contributed by atoms with E-state index in [0.29, 0.717) is 0 Å². The van der Waals surface area contributed by atoms with Gasteiger partial charge in [-0.1, -0.05) is 0 Å². The Kier molecular flexibility index (Phi) is 5.66. The van der Waals surface area contributed by atoms with Gasteiger partial charge in [-0.3, -0.25) is 9.78 Å². The van der Waals surface area contributed by atoms with Crippen LogP contribution in [0.3, 0.4) is 0 Å². The van der Waals surface area contributed by atoms with Gasteiger partial charge in [0.05, 0.1) is 0 Å². The highest BCUT2D eigenvalue weighted by molar-refractivity contribution is 7.60. The second-order valence-corrected chi connectivity index (χ2v) is 4.97. The van der Waals surface area contributed by atoms with Gasteiger partial charge < -0.3 is 24.6 Å². The van der Waals surface area contributed by atoms with Gasteiger partial charge in [0.1, 0.15) is 0 Å². The molecule has 0 aliphatic rings. The average Bonchev–Trinajstić information content (AvgIpc) is 1.96. The van der Waals surface area contributed by atoms with Gasteiger partial charge >= 0.3 is 21.3 Å². The molecule has 0 bridgehead atoms. The molecule has 0 aliphatic carbocycles. The molecule has 0 fully saturated rings. The predicted molar refractivity (Wildman–Crippen MR) is 52.9 cm³/mol. The van der Waals surface area contributed by atoms with Crippen LogP contribution < -0.4 is 11.2 Å². The normalized spacial score (nSPS) is 11.5. The fourth-order valence-corrected chi connectivity index (χ4v) is 1.63. The van der Waals surface area contributed by atoms with Crippen LogP contribution >= 0.6 is 15.6 Å². The maximum absolute atomic E-state index is 10.2. The molecule has 0 saturated heterocycles. The summed E-state index contributed by atoms with van der Waals surface area (Å²) in [6, 6.07) is 1.24. The van der Waals surface area contributed by atoms with Crippen LogP contribution in [0.5, 0.6) is 0 Å². The fourth-order valence-electron chi connectivity index (χ4n) is 0.521. The molecule has 0 unspecified atom stereocenters. The molecular weight excluding hydrogens is 282 g/mol. The zero-order valence-corrected chi connectivity index (χ0v) is 9.67. The Bertz CT molecular complexity index is 503. The van der Waals surface area contributed by atoms with E-state index in [1.807, 2.05) is 4.98 Å². The minimum atomic E-state index is -5.05. The number of nitrogens with one attached hydrogen (secondary N) is 2. The molecule has 11 nitrogen and oxygen atoms in total. The highest BCUT2D eigenvalue weighted by Gasteiger charge is 2.27. The van der Waals surface area contributed by atoms with Gasteiger partial charge in [0.15, 0.2) is 0 Å². The van der Waals surface area contributed by atoms with Crippen molar-refractivity contribution in [3.05, 3.63) is 33.1 Å². The van der Waals surface area contributed by atoms with Crippen molar-refractivity contribution in [2.24, 2.45) is 0 Å². The molecule has 17 heavy (non-hydrogen) atoms. The first kappa shape index (κ1) is 15.9. The third-order valence-electron chi connectivity index (χ3n) is 0.899. The molecule has 98 valence electrons. The van der Waals surface area contributed by atoms with E-state index in [0.717, 1.165) is 0 Å². The van der Waals surface area contributed by atoms with E-state index >= 15 is 0 Å². The van der Waals surface area contributed by atoms with Crippen molar-refractivity contribution >= 4 is 15.6 Å². The van der Waals surface area contributed by atoms with Gasteiger partial charge in [0, 0.05) is 12.3 Å². The summed E-state index contributed by atoms with van der Waals surface area (Å²) < 4.78 is 22.2. The summed E-state index contributed by atoms with van der Waals surface area (Å²) in [4.78, 5) is 55.7. The number of rotatable bonds is 2. The SMILES string of the molecule is O=P(O)(O)OP(=O)(O)O.O=c1cc[nH]c(=O)[nH]1. The number of aromatic amines is 2. The number of hydrogen-bond donors (Lipinski definition) is 6. The van der Waals surface area contributed by atoms with E-state index in [1.165, 1.54) is 12.3 Å². The lowest BCUT2D eigenvalue weighted by molar-refractivity contribution is 0.225. The van der Waals surface area contributed by atoms with Crippen molar-refractivity contribution in [3.63, 3.8) is 0 Å². The monoisotopic (exact) mass is 290 g/mol. The molecule has 1 aromatic heterocycles. The second kappa shape index (κ2) is 6.03. The summed E-state index contributed by atoms with van der Waals surface area (Å²) >= 11 is 0. The molecule has 13 heteroatoms. The van der Waals surface area contributed by atoms with Crippen LogP contribution in [0.2, 0.25) is 0 Å². The Hall–Kier alpha value is -1.06. The summed E-state index contributed by atoms with van der Waals surface area (Å²) in [6.45, 7) is 0. The lowest BCUT2D eigenvalue weighted by atomic mass is 10.7. The van der Waals surface area contributed by atoms with Gasteiger partial charge in [-0.25, -0.2) is 13.9 Å². The van der Waals surface area contributed by atoms with Crippen molar-refractivity contribution in [1.29, 1.82) is 0 Å². The topological polar surface area (TPSA) is 190 Å². The molecule has 1 rings (SSSR count). The Labute approximate surface area is 92.6 Å². The summed E-state index contributed by atoms with van der Waals surface area (Å²) in [5.74, 6) is 0. The van der Waals surface area contributed by atoms with Crippen LogP contribution in [0.4, 0.5) is 0 Å². The minimum Gasteiger partial charge on any atom is -0.314 e. The molecule has 0 radical (unpaired) electrons. The predicted octanol–water partition coefficient (Wildman–Crippen LogP) is -1.75. The first-order valence-electron chi connectivity index (χ1n) is 3.60. The Balaban J connectivity index is 0.000000302. The standard InChI is InChI=1S/C4H4N2O2.H4O7P2/c7-3-1-2-5-4(8)6-3;1-8(2,3)7-9(4,5)6/h1-2H,(H2,5,6,7,8);(H2,1,2,3)(H2,4,5,6). The van der Waals surface area contributed by atoms with E-state index < -0.39 is 21.3 Å². The molecule has 0 spiro atoms. The van der Waals surface area contributed by atoms with Gasteiger partial charge in [-0.05, 0) is 0 Å². The zero-order valence-electron chi connectivity index (χ0n) is 7.88. The van der Waals surface area contributed by atoms with Crippen molar-refractivity contribution < 1.29 is 33.0 Å². The third kappa shape index (κ3) is 11.2. The molecule has 1 aromatic rings. The average molecular weight is 290 g/mol. The molecule has 1 heterocycles. The molecule has 0 aliphatic heterocycles. The fraction of sp³-hybridized carbons (Fsp3) is 0. The summed E-state index contributed by atoms with van der Waals surface area (Å²) in [5, 5.41) is 0. The molecule has 0 amide bonds. The smallest absolute Gasteiger partial charge is 0.314 e. The second-order valence-electron chi connectivity index (χ2n) is 2.36. The van der Waals surface area contributed by atoms with Crippen molar-refractivity contribution in [3.8, 4) is 0 Å². The minimum absolute atomic E-state index is 0.381. The summed E-state index contributed by atoms with van der Waals surface area (Å²) in [5.41, 5.74) is -0.855. The van der Waals surface area contributed by atoms with Crippen LogP contribution in [-0.2, 0) is 13.4 Å². The number of phosphoric acid groups is 2. The van der Waals surface area contributed by atoms with E-state index in [9.17, 15) is 18.7 Å². The highest BCUT2D eigenvalue weighted by Crippen LogP contribution is 2.53. The summed E-state index contributed by atoms with van der Waals surface area (Å²) in [7, 11) is -10.1. The number of aromatic nitrogens is 2. The van der Waals surface area contributed by atoms with Crippen LogP contribution in [-0.4, -0.2) is 29.5 Å². The van der Waals surface area contributed by atoms with Crippen molar-refractivity contribution in [2.75, 3.05) is 0 Å². The first-order valence-corrected chi connectivity index (χ1v) is 6.66. The van der Waals surface area contributed by atoms with Crippen LogP contribution in [0.1, 0.15) is 0 Å². The molecular formula is C4H8N2O9P2. The maximum atomic E-state index is 10.2. The van der Waals surface area contributed by atoms with Crippen molar-refractivity contribution in [1.82, 2.24) is 9.97 Å². The van der Waals surface area contributed by atoms with Crippen molar-refractivity contribution in [2.45, 2.75) is 0 Å². The molecule has 6 N–H and O–H groups in total. The highest BCUT2D eigenvalue weighted by atomic mass is 31.3. The Morgan fingerprint density at radius 2 is 1.53 bits per heavy atom. The molecule has 0 atom stereocenters. The van der Waals surface area contributed by atoms with Gasteiger partial charge in [-0.15, -0.1) is 0 Å². The van der Waals surface area contributed by atoms with Gasteiger partial charge in [0.25, 0.3) is 5.56 Å². The number of hydrogen-bond acceptors (Lipinski definition) is 5. The van der Waals surface area contributed by atoms with Crippen LogP contribution in [0.15, 0.2) is 21.9 Å². The van der Waals surface area contributed by atoms with E-state index in [4.69, 9.17) is 19.6 Å². The zero-order chi connectivity index (χ0) is 13.7. The summed E-state index contributed by atoms with van der Waals surface area (Å²) in [6.07, 6.45) is 1.29. The molecule has 0 saturated carbocycles. The maximum Gasteiger partial charge on any atom is 0.478 e. The third-order valence-corrected chi connectivity index (χ3v) is 2.60. The van der Waals surface area contributed by atoms with Crippen LogP contribution in [0.25, 0.3) is 0 Å². The molecule has 0 aromatic carbocycles. The van der Waals surface area contributed by atoms with E-state index in [-0.39, 0.29) is 5.56 Å². The Morgan fingerprint density at radius 3 is 1.71 bits per heavy atom. The Morgan fingerprint density at radius 1 is 1.06 bits per heavy atom. The van der Waals surface area contributed by atoms with Gasteiger partial charge in [-0.2, -0.15) is 4.31 Å². The van der Waals surface area contributed by atoms with E-state index in [1.54, 1.807) is 0 Å². The van der Waals surface area contributed by atoms with Gasteiger partial charge in [0.2, 0.25) is 0 Å². The van der Waals surface area contributed by atoms with E-state index in [2.05, 4.69) is 9.29 Å². The lowest BCUT2D eigenvalue weighted by Gasteiger charge is -2.03. The van der Waals surface area contributed by atoms with Crippen LogP contribution in [0, 0.1) is 0 Å². The quantitative estimate of drug-likeness (QED) is 0.343. The largest absolute Gasteiger partial charge is 0.478 e. The first-order chi connectivity index (χ1) is 7.49. The lowest BCUT2D eigenvalue weighted by Crippen LogP contribution is -2.19. The number of H-pyrrole nitrogens is 2.